The van der Waals surface area contributed by atoms with E-state index in [1.54, 1.807) is 26.4 Å². The highest BCUT2D eigenvalue weighted by molar-refractivity contribution is 5.85. The molecule has 1 N–H and O–H groups in total. The summed E-state index contributed by atoms with van der Waals surface area (Å²) in [5, 5.41) is 2.82. The molecule has 0 saturated carbocycles. The van der Waals surface area contributed by atoms with Crippen molar-refractivity contribution >= 4 is 16.9 Å². The minimum absolute atomic E-state index is 0.0615. The van der Waals surface area contributed by atoms with E-state index in [2.05, 4.69) is 15.3 Å². The van der Waals surface area contributed by atoms with Crippen molar-refractivity contribution in [2.24, 2.45) is 5.92 Å². The SMILES string of the molecule is COc1ccc(-c2cc3ncn(CF)c3c(OCC[C@H]3CNC(=O)C3)n2)cc1OC. The molecule has 1 atom stereocenters. The molecule has 1 fully saturated rings. The summed E-state index contributed by atoms with van der Waals surface area (Å²) in [5.41, 5.74) is 2.50. The second kappa shape index (κ2) is 8.56. The number of nitrogens with one attached hydrogen (secondary N) is 1. The van der Waals surface area contributed by atoms with Crippen LogP contribution in [0.4, 0.5) is 4.39 Å². The third kappa shape index (κ3) is 3.87. The molecule has 0 radical (unpaired) electrons. The fraction of sp³-hybridized carbons (Fsp3) is 0.381. The summed E-state index contributed by atoms with van der Waals surface area (Å²) in [4.78, 5) is 20.3. The number of carbonyl (C=O) groups excluding carboxylic acids is 1. The van der Waals surface area contributed by atoms with Crippen LogP contribution in [0.15, 0.2) is 30.6 Å². The molecule has 3 heterocycles. The Bertz CT molecular complexity index is 1070. The van der Waals surface area contributed by atoms with E-state index >= 15 is 0 Å². The fourth-order valence-corrected chi connectivity index (χ4v) is 3.59. The zero-order chi connectivity index (χ0) is 21.1. The number of alkyl halides is 1. The number of nitrogens with zero attached hydrogens (tertiary/aromatic N) is 3. The van der Waals surface area contributed by atoms with Crippen LogP contribution in [-0.2, 0) is 11.6 Å². The van der Waals surface area contributed by atoms with E-state index in [1.807, 2.05) is 12.1 Å². The Morgan fingerprint density at radius 3 is 2.77 bits per heavy atom. The minimum atomic E-state index is -0.731. The van der Waals surface area contributed by atoms with Crippen LogP contribution >= 0.6 is 0 Å². The maximum absolute atomic E-state index is 13.4. The number of amides is 1. The predicted molar refractivity (Wildman–Crippen MR) is 108 cm³/mol. The molecule has 4 rings (SSSR count). The molecule has 0 aliphatic carbocycles. The smallest absolute Gasteiger partial charge is 0.240 e. The molecule has 30 heavy (non-hydrogen) atoms. The van der Waals surface area contributed by atoms with Gasteiger partial charge in [-0.3, -0.25) is 9.36 Å². The number of pyridine rings is 1. The highest BCUT2D eigenvalue weighted by atomic mass is 19.1. The lowest BCUT2D eigenvalue weighted by molar-refractivity contribution is -0.119. The van der Waals surface area contributed by atoms with Gasteiger partial charge in [0.05, 0.1) is 38.4 Å². The van der Waals surface area contributed by atoms with Gasteiger partial charge in [-0.15, -0.1) is 0 Å². The lowest BCUT2D eigenvalue weighted by Gasteiger charge is -2.13. The molecule has 0 bridgehead atoms. The first kappa shape index (κ1) is 19.9. The number of hydrogen-bond acceptors (Lipinski definition) is 6. The van der Waals surface area contributed by atoms with E-state index in [0.717, 1.165) is 5.56 Å². The number of benzene rings is 1. The van der Waals surface area contributed by atoms with Crippen molar-refractivity contribution in [2.45, 2.75) is 19.6 Å². The van der Waals surface area contributed by atoms with Crippen LogP contribution < -0.4 is 19.5 Å². The van der Waals surface area contributed by atoms with Crippen molar-refractivity contribution in [2.75, 3.05) is 27.4 Å². The summed E-state index contributed by atoms with van der Waals surface area (Å²) >= 11 is 0. The average molecular weight is 414 g/mol. The Labute approximate surface area is 173 Å². The maximum atomic E-state index is 13.4. The number of hydrogen-bond donors (Lipinski definition) is 1. The van der Waals surface area contributed by atoms with E-state index in [0.29, 0.717) is 60.1 Å². The van der Waals surface area contributed by atoms with Gasteiger partial charge in [0.1, 0.15) is 5.52 Å². The molecule has 1 aromatic carbocycles. The third-order valence-corrected chi connectivity index (χ3v) is 5.20. The van der Waals surface area contributed by atoms with Crippen LogP contribution in [0.5, 0.6) is 17.4 Å². The maximum Gasteiger partial charge on any atom is 0.240 e. The summed E-state index contributed by atoms with van der Waals surface area (Å²) in [7, 11) is 3.14. The summed E-state index contributed by atoms with van der Waals surface area (Å²) in [6, 6.07) is 7.26. The van der Waals surface area contributed by atoms with Crippen LogP contribution in [0.2, 0.25) is 0 Å². The van der Waals surface area contributed by atoms with Crippen LogP contribution in [0, 0.1) is 5.92 Å². The first-order valence-corrected chi connectivity index (χ1v) is 9.66. The summed E-state index contributed by atoms with van der Waals surface area (Å²) in [5.74, 6) is 1.79. The topological polar surface area (TPSA) is 87.5 Å². The lowest BCUT2D eigenvalue weighted by Crippen LogP contribution is -2.14. The van der Waals surface area contributed by atoms with Gasteiger partial charge in [-0.2, -0.15) is 0 Å². The van der Waals surface area contributed by atoms with E-state index in [-0.39, 0.29) is 11.8 Å². The number of imidazole rings is 1. The molecular formula is C21H23FN4O4. The first-order chi connectivity index (χ1) is 14.6. The molecular weight excluding hydrogens is 391 g/mol. The molecule has 8 nitrogen and oxygen atoms in total. The number of carbonyl (C=O) groups is 1. The Morgan fingerprint density at radius 1 is 1.23 bits per heavy atom. The number of fused-ring (bicyclic) bond motifs is 1. The monoisotopic (exact) mass is 414 g/mol. The van der Waals surface area contributed by atoms with Crippen LogP contribution in [0.3, 0.4) is 0 Å². The standard InChI is InChI=1S/C21H23FN4O4/c1-28-17-4-3-14(8-18(17)29-2)15-9-16-20(26(11-22)12-24-16)21(25-15)30-6-5-13-7-19(27)23-10-13/h3-4,8-9,12-13H,5-7,10-11H2,1-2H3,(H,23,27)/t13-/m1/s1. The predicted octanol–water partition coefficient (Wildman–Crippen LogP) is 2.95. The molecule has 1 aliphatic heterocycles. The molecule has 0 unspecified atom stereocenters. The quantitative estimate of drug-likeness (QED) is 0.610. The molecule has 9 heteroatoms. The third-order valence-electron chi connectivity index (χ3n) is 5.20. The number of aromatic nitrogens is 3. The van der Waals surface area contributed by atoms with Crippen molar-refractivity contribution in [1.29, 1.82) is 0 Å². The van der Waals surface area contributed by atoms with Crippen molar-refractivity contribution in [3.05, 3.63) is 30.6 Å². The average Bonchev–Trinajstić information content (AvgIpc) is 3.38. The highest BCUT2D eigenvalue weighted by Gasteiger charge is 2.22. The summed E-state index contributed by atoms with van der Waals surface area (Å²) in [6.45, 7) is 0.291. The second-order valence-electron chi connectivity index (χ2n) is 7.10. The molecule has 3 aromatic rings. The fourth-order valence-electron chi connectivity index (χ4n) is 3.59. The number of ether oxygens (including phenoxy) is 3. The van der Waals surface area contributed by atoms with E-state index < -0.39 is 6.80 Å². The second-order valence-corrected chi connectivity index (χ2v) is 7.10. The van der Waals surface area contributed by atoms with Gasteiger partial charge < -0.3 is 19.5 Å². The molecule has 1 amide bonds. The first-order valence-electron chi connectivity index (χ1n) is 9.66. The van der Waals surface area contributed by atoms with Crippen LogP contribution in [0.25, 0.3) is 22.3 Å². The van der Waals surface area contributed by atoms with Gasteiger partial charge in [-0.1, -0.05) is 0 Å². The Hall–Kier alpha value is -3.36. The highest BCUT2D eigenvalue weighted by Crippen LogP contribution is 2.34. The Kier molecular flexibility index (Phi) is 5.69. The van der Waals surface area contributed by atoms with Crippen LogP contribution in [-0.4, -0.2) is 47.8 Å². The minimum Gasteiger partial charge on any atom is -0.493 e. The van der Waals surface area contributed by atoms with Gasteiger partial charge in [0, 0.05) is 18.5 Å². The van der Waals surface area contributed by atoms with E-state index in [9.17, 15) is 9.18 Å². The number of rotatable bonds is 8. The van der Waals surface area contributed by atoms with Crippen LogP contribution in [0.1, 0.15) is 12.8 Å². The number of halogens is 1. The zero-order valence-electron chi connectivity index (χ0n) is 16.9. The van der Waals surface area contributed by atoms with Crippen molar-refractivity contribution in [3.63, 3.8) is 0 Å². The van der Waals surface area contributed by atoms with Gasteiger partial charge in [0.15, 0.2) is 18.3 Å². The molecule has 158 valence electrons. The van der Waals surface area contributed by atoms with Gasteiger partial charge in [-0.25, -0.2) is 14.4 Å². The lowest BCUT2D eigenvalue weighted by atomic mass is 10.1. The zero-order valence-corrected chi connectivity index (χ0v) is 16.9. The number of methoxy groups -OCH3 is 2. The van der Waals surface area contributed by atoms with E-state index in [4.69, 9.17) is 14.2 Å². The van der Waals surface area contributed by atoms with E-state index in [1.165, 1.54) is 10.9 Å². The molecule has 0 spiro atoms. The molecule has 2 aromatic heterocycles. The van der Waals surface area contributed by atoms with Gasteiger partial charge in [0.25, 0.3) is 0 Å². The van der Waals surface area contributed by atoms with Crippen molar-refractivity contribution in [3.8, 4) is 28.6 Å². The summed E-state index contributed by atoms with van der Waals surface area (Å²) in [6.07, 6.45) is 2.63. The van der Waals surface area contributed by atoms with Gasteiger partial charge >= 0.3 is 0 Å². The largest absolute Gasteiger partial charge is 0.493 e. The van der Waals surface area contributed by atoms with Gasteiger partial charge in [-0.05, 0) is 36.6 Å². The van der Waals surface area contributed by atoms with Gasteiger partial charge in [0.2, 0.25) is 11.8 Å². The normalized spacial score (nSPS) is 16.0. The molecule has 1 saturated heterocycles. The van der Waals surface area contributed by atoms with Crippen molar-refractivity contribution < 1.29 is 23.4 Å². The molecule has 1 aliphatic rings. The Balaban J connectivity index is 1.65. The summed E-state index contributed by atoms with van der Waals surface area (Å²) < 4.78 is 31.4. The Morgan fingerprint density at radius 2 is 2.07 bits per heavy atom. The van der Waals surface area contributed by atoms with Crippen molar-refractivity contribution in [1.82, 2.24) is 19.9 Å².